The third-order valence-electron chi connectivity index (χ3n) is 8.59. The maximum Gasteiger partial charge on any atom is 0.186 e. The highest BCUT2D eigenvalue weighted by Gasteiger charge is 2.43. The molecule has 42 heavy (non-hydrogen) atoms. The Kier molecular flexibility index (Phi) is 25.1. The molecule has 0 aromatic carbocycles. The Morgan fingerprint density at radius 1 is 0.619 bits per heavy atom. The van der Waals surface area contributed by atoms with E-state index in [4.69, 9.17) is 9.47 Å². The number of Topliss-reactive ketones (excluding diaryl/α,β-unsaturated/α-hetero) is 1. The van der Waals surface area contributed by atoms with Crippen LogP contribution in [0.5, 0.6) is 0 Å². The minimum absolute atomic E-state index is 0.0648. The first kappa shape index (κ1) is 39.4. The molecule has 0 saturated carbocycles. The molecule has 1 saturated heterocycles. The lowest BCUT2D eigenvalue weighted by molar-refractivity contribution is -0.300. The Morgan fingerprint density at radius 2 is 1.02 bits per heavy atom. The third-order valence-corrected chi connectivity index (χ3v) is 8.59. The second-order valence-electron chi connectivity index (χ2n) is 12.7. The maximum atomic E-state index is 12.1. The predicted octanol–water partition coefficient (Wildman–Crippen LogP) is 6.12. The second kappa shape index (κ2) is 26.8. The second-order valence-corrected chi connectivity index (χ2v) is 12.7. The molecule has 250 valence electrons. The summed E-state index contributed by atoms with van der Waals surface area (Å²) in [4.78, 5) is 12.1. The number of ether oxygens (including phenoxy) is 2. The standard InChI is InChI=1S/C34H66O8/c1-28(36)23-21-19-17-15-13-11-9-7-5-3-2-4-6-8-10-12-14-16-18-20-22-24-29(37)25-26-41-34-33(40)32(39)31(38)30(27-35)42-34/h28,30-36,38-40H,2-27H2,1H3/t28-,30-,31+,32+,33-,34+/m1/s1. The Labute approximate surface area is 256 Å². The lowest BCUT2D eigenvalue weighted by Crippen LogP contribution is -2.59. The van der Waals surface area contributed by atoms with Gasteiger partial charge in [-0.15, -0.1) is 0 Å². The molecule has 8 heteroatoms. The van der Waals surface area contributed by atoms with Crippen LogP contribution in [0.15, 0.2) is 0 Å². The van der Waals surface area contributed by atoms with E-state index in [1.165, 1.54) is 122 Å². The first-order valence-electron chi connectivity index (χ1n) is 17.5. The molecule has 8 nitrogen and oxygen atoms in total. The highest BCUT2D eigenvalue weighted by Crippen LogP contribution is 2.22. The van der Waals surface area contributed by atoms with E-state index in [1.54, 1.807) is 0 Å². The van der Waals surface area contributed by atoms with Crippen LogP contribution in [-0.2, 0) is 14.3 Å². The number of ketones is 1. The van der Waals surface area contributed by atoms with Gasteiger partial charge in [0.25, 0.3) is 0 Å². The fourth-order valence-electron chi connectivity index (χ4n) is 5.74. The monoisotopic (exact) mass is 602 g/mol. The number of carbonyl (C=O) groups excluding carboxylic acids is 1. The Balaban J connectivity index is 1.78. The van der Waals surface area contributed by atoms with Crippen molar-refractivity contribution >= 4 is 5.78 Å². The van der Waals surface area contributed by atoms with Gasteiger partial charge >= 0.3 is 0 Å². The summed E-state index contributed by atoms with van der Waals surface area (Å²) in [6, 6.07) is 0. The number of rotatable bonds is 29. The van der Waals surface area contributed by atoms with Gasteiger partial charge in [-0.2, -0.15) is 0 Å². The van der Waals surface area contributed by atoms with Gasteiger partial charge in [0.15, 0.2) is 6.29 Å². The van der Waals surface area contributed by atoms with Gasteiger partial charge in [-0.25, -0.2) is 0 Å². The van der Waals surface area contributed by atoms with Crippen molar-refractivity contribution in [1.29, 1.82) is 0 Å². The van der Waals surface area contributed by atoms with E-state index in [0.717, 1.165) is 19.3 Å². The summed E-state index contributed by atoms with van der Waals surface area (Å²) < 4.78 is 10.7. The van der Waals surface area contributed by atoms with Crippen LogP contribution in [0, 0.1) is 0 Å². The Hall–Kier alpha value is -0.610. The highest BCUT2D eigenvalue weighted by atomic mass is 16.7. The van der Waals surface area contributed by atoms with Crippen LogP contribution >= 0.6 is 0 Å². The molecule has 0 unspecified atom stereocenters. The lowest BCUT2D eigenvalue weighted by Gasteiger charge is -2.39. The minimum atomic E-state index is -1.47. The van der Waals surface area contributed by atoms with E-state index in [0.29, 0.717) is 6.42 Å². The van der Waals surface area contributed by atoms with Crippen LogP contribution < -0.4 is 0 Å². The average molecular weight is 603 g/mol. The maximum absolute atomic E-state index is 12.1. The molecule has 1 rings (SSSR count). The molecule has 1 fully saturated rings. The van der Waals surface area contributed by atoms with Crippen molar-refractivity contribution in [3.8, 4) is 0 Å². The largest absolute Gasteiger partial charge is 0.394 e. The van der Waals surface area contributed by atoms with E-state index in [2.05, 4.69) is 0 Å². The van der Waals surface area contributed by atoms with E-state index in [9.17, 15) is 30.3 Å². The van der Waals surface area contributed by atoms with Crippen molar-refractivity contribution in [2.45, 2.75) is 198 Å². The first-order valence-corrected chi connectivity index (χ1v) is 17.5. The van der Waals surface area contributed by atoms with Gasteiger partial charge < -0.3 is 35.0 Å². The molecule has 1 aliphatic heterocycles. The van der Waals surface area contributed by atoms with Crippen LogP contribution in [0.4, 0.5) is 0 Å². The highest BCUT2D eigenvalue weighted by molar-refractivity contribution is 5.78. The van der Waals surface area contributed by atoms with Crippen molar-refractivity contribution < 1.29 is 39.8 Å². The summed E-state index contributed by atoms with van der Waals surface area (Å²) in [6.07, 6.45) is 22.3. The molecule has 0 aliphatic carbocycles. The Bertz CT molecular complexity index is 614. The van der Waals surface area contributed by atoms with Gasteiger partial charge in [-0.3, -0.25) is 4.79 Å². The third kappa shape index (κ3) is 20.4. The lowest BCUT2D eigenvalue weighted by atomic mass is 9.99. The SMILES string of the molecule is C[C@@H](O)CCCCCCCCCCCCCCCCCCCCCCCC(=O)CCO[C@H]1O[C@H](CO)[C@H](O)[C@H](O)[C@H]1O. The minimum Gasteiger partial charge on any atom is -0.394 e. The van der Waals surface area contributed by atoms with Gasteiger partial charge in [-0.1, -0.05) is 128 Å². The summed E-state index contributed by atoms with van der Waals surface area (Å²) in [5, 5.41) is 48.0. The van der Waals surface area contributed by atoms with Gasteiger partial charge in [-0.05, 0) is 19.8 Å². The predicted molar refractivity (Wildman–Crippen MR) is 167 cm³/mol. The van der Waals surface area contributed by atoms with Gasteiger partial charge in [0.05, 0.1) is 19.3 Å². The van der Waals surface area contributed by atoms with Crippen molar-refractivity contribution in [3.05, 3.63) is 0 Å². The van der Waals surface area contributed by atoms with Crippen molar-refractivity contribution in [2.24, 2.45) is 0 Å². The van der Waals surface area contributed by atoms with Crippen LogP contribution in [0.2, 0.25) is 0 Å². The number of aliphatic hydroxyl groups is 5. The van der Waals surface area contributed by atoms with Crippen molar-refractivity contribution in [2.75, 3.05) is 13.2 Å². The number of hydrogen-bond acceptors (Lipinski definition) is 8. The topological polar surface area (TPSA) is 137 Å². The van der Waals surface area contributed by atoms with Gasteiger partial charge in [0.1, 0.15) is 30.2 Å². The number of aliphatic hydroxyl groups excluding tert-OH is 5. The van der Waals surface area contributed by atoms with Crippen LogP contribution in [0.1, 0.15) is 161 Å². The molecule has 1 heterocycles. The zero-order valence-corrected chi connectivity index (χ0v) is 26.8. The van der Waals surface area contributed by atoms with E-state index >= 15 is 0 Å². The zero-order valence-electron chi connectivity index (χ0n) is 26.8. The summed E-state index contributed by atoms with van der Waals surface area (Å²) >= 11 is 0. The van der Waals surface area contributed by atoms with Crippen molar-refractivity contribution in [3.63, 3.8) is 0 Å². The molecule has 0 spiro atoms. The van der Waals surface area contributed by atoms with E-state index in [-0.39, 0.29) is 24.9 Å². The fraction of sp³-hybridized carbons (Fsp3) is 0.971. The number of unbranched alkanes of at least 4 members (excludes halogenated alkanes) is 20. The molecule has 0 amide bonds. The normalized spacial score (nSPS) is 23.3. The van der Waals surface area contributed by atoms with Crippen LogP contribution in [-0.4, -0.2) is 81.3 Å². The Morgan fingerprint density at radius 3 is 1.43 bits per heavy atom. The quantitative estimate of drug-likeness (QED) is 0.0647. The molecular formula is C34H66O8. The molecule has 0 bridgehead atoms. The van der Waals surface area contributed by atoms with Crippen LogP contribution in [0.25, 0.3) is 0 Å². The molecule has 6 atom stereocenters. The summed E-state index contributed by atoms with van der Waals surface area (Å²) in [6.45, 7) is 1.45. The molecule has 0 aromatic heterocycles. The smallest absolute Gasteiger partial charge is 0.186 e. The van der Waals surface area contributed by atoms with Crippen LogP contribution in [0.3, 0.4) is 0 Å². The molecule has 0 radical (unpaired) electrons. The number of carbonyl (C=O) groups is 1. The first-order chi connectivity index (χ1) is 20.4. The molecular weight excluding hydrogens is 536 g/mol. The molecule has 0 aromatic rings. The van der Waals surface area contributed by atoms with Gasteiger partial charge in [0, 0.05) is 12.8 Å². The van der Waals surface area contributed by atoms with Crippen molar-refractivity contribution in [1.82, 2.24) is 0 Å². The average Bonchev–Trinajstić information content (AvgIpc) is 2.97. The summed E-state index contributed by atoms with van der Waals surface area (Å²) in [5.74, 6) is 0.103. The summed E-state index contributed by atoms with van der Waals surface area (Å²) in [7, 11) is 0. The zero-order chi connectivity index (χ0) is 30.8. The van der Waals surface area contributed by atoms with Gasteiger partial charge in [0.2, 0.25) is 0 Å². The number of hydrogen-bond donors (Lipinski definition) is 5. The van der Waals surface area contributed by atoms with E-state index < -0.39 is 37.3 Å². The van der Waals surface area contributed by atoms with E-state index in [1.807, 2.05) is 6.92 Å². The molecule has 1 aliphatic rings. The molecule has 5 N–H and O–H groups in total. The summed E-state index contributed by atoms with van der Waals surface area (Å²) in [5.41, 5.74) is 0. The fourth-order valence-corrected chi connectivity index (χ4v) is 5.74.